The molecule has 0 saturated heterocycles. The van der Waals surface area contributed by atoms with Crippen LogP contribution >= 0.6 is 0 Å². The first-order valence-electron chi connectivity index (χ1n) is 6.13. The van der Waals surface area contributed by atoms with Crippen LogP contribution in [0.5, 0.6) is 0 Å². The van der Waals surface area contributed by atoms with E-state index in [-0.39, 0.29) is 0 Å². The van der Waals surface area contributed by atoms with Crippen molar-refractivity contribution in [2.45, 2.75) is 13.0 Å². The normalized spacial score (nSPS) is 11.9. The first-order valence-corrected chi connectivity index (χ1v) is 6.13. The second kappa shape index (κ2) is 6.14. The minimum atomic E-state index is -0.707. The molecule has 0 fully saturated rings. The van der Waals surface area contributed by atoms with Crippen LogP contribution in [0.4, 0.5) is 4.39 Å². The minimum absolute atomic E-state index is 0.431. The Morgan fingerprint density at radius 2 is 1.63 bits per heavy atom. The zero-order valence-corrected chi connectivity index (χ0v) is 10.7. The van der Waals surface area contributed by atoms with E-state index in [4.69, 9.17) is 4.74 Å². The molecule has 19 heavy (non-hydrogen) atoms. The summed E-state index contributed by atoms with van der Waals surface area (Å²) in [7, 11) is 0. The number of carbonyl (C=O) groups is 1. The Morgan fingerprint density at radius 1 is 1.05 bits per heavy atom. The van der Waals surface area contributed by atoms with Gasteiger partial charge in [0, 0.05) is 0 Å². The summed E-state index contributed by atoms with van der Waals surface area (Å²) in [4.78, 5) is 11.7. The number of hydrogen-bond donors (Lipinski definition) is 0. The van der Waals surface area contributed by atoms with Crippen molar-refractivity contribution in [3.63, 3.8) is 0 Å². The summed E-state index contributed by atoms with van der Waals surface area (Å²) in [6, 6.07) is 17.0. The summed E-state index contributed by atoms with van der Waals surface area (Å²) in [5.41, 5.74) is 2.54. The third-order valence-electron chi connectivity index (χ3n) is 2.75. The second-order valence-corrected chi connectivity index (χ2v) is 4.31. The number of ether oxygens (including phenoxy) is 1. The Labute approximate surface area is 111 Å². The molecule has 1 atom stereocenters. The summed E-state index contributed by atoms with van der Waals surface area (Å²) in [5.74, 6) is -0.496. The van der Waals surface area contributed by atoms with Gasteiger partial charge in [-0.3, -0.25) is 0 Å². The second-order valence-electron chi connectivity index (χ2n) is 4.31. The van der Waals surface area contributed by atoms with E-state index in [2.05, 4.69) is 0 Å². The van der Waals surface area contributed by atoms with Crippen LogP contribution in [0.1, 0.15) is 17.3 Å². The number of rotatable bonds is 4. The molecule has 0 heterocycles. The molecule has 0 radical (unpaired) electrons. The maximum atomic E-state index is 12.3. The summed E-state index contributed by atoms with van der Waals surface area (Å²) in [6.07, 6.45) is -0.707. The SMILES string of the molecule is CC(CF)OC(=O)c1ccc(-c2ccccc2)cc1. The molecular formula is C16H15FO2. The molecule has 0 saturated carbocycles. The van der Waals surface area contributed by atoms with Crippen molar-refractivity contribution in [3.05, 3.63) is 60.2 Å². The van der Waals surface area contributed by atoms with Crippen LogP contribution in [0.25, 0.3) is 11.1 Å². The number of alkyl halides is 1. The lowest BCUT2D eigenvalue weighted by Crippen LogP contribution is -2.16. The average Bonchev–Trinajstić information content (AvgIpc) is 2.48. The lowest BCUT2D eigenvalue weighted by atomic mass is 10.0. The van der Waals surface area contributed by atoms with E-state index in [0.29, 0.717) is 5.56 Å². The molecule has 2 nitrogen and oxygen atoms in total. The quantitative estimate of drug-likeness (QED) is 0.778. The molecule has 0 spiro atoms. The van der Waals surface area contributed by atoms with E-state index in [1.165, 1.54) is 6.92 Å². The van der Waals surface area contributed by atoms with Crippen molar-refractivity contribution in [3.8, 4) is 11.1 Å². The fraction of sp³-hybridized carbons (Fsp3) is 0.188. The average molecular weight is 258 g/mol. The van der Waals surface area contributed by atoms with Crippen molar-refractivity contribution in [1.82, 2.24) is 0 Å². The number of halogens is 1. The van der Waals surface area contributed by atoms with E-state index in [0.717, 1.165) is 11.1 Å². The predicted octanol–water partition coefficient (Wildman–Crippen LogP) is 3.87. The van der Waals surface area contributed by atoms with Crippen LogP contribution in [0.15, 0.2) is 54.6 Å². The van der Waals surface area contributed by atoms with Gasteiger partial charge >= 0.3 is 5.97 Å². The van der Waals surface area contributed by atoms with Crippen molar-refractivity contribution in [1.29, 1.82) is 0 Å². The van der Waals surface area contributed by atoms with E-state index >= 15 is 0 Å². The highest BCUT2D eigenvalue weighted by atomic mass is 19.1. The third kappa shape index (κ3) is 3.41. The summed E-state index contributed by atoms with van der Waals surface area (Å²) >= 11 is 0. The van der Waals surface area contributed by atoms with Gasteiger partial charge in [-0.1, -0.05) is 42.5 Å². The molecular weight excluding hydrogens is 243 g/mol. The monoisotopic (exact) mass is 258 g/mol. The zero-order valence-electron chi connectivity index (χ0n) is 10.7. The van der Waals surface area contributed by atoms with Gasteiger partial charge in [0.05, 0.1) is 5.56 Å². The topological polar surface area (TPSA) is 26.3 Å². The van der Waals surface area contributed by atoms with Gasteiger partial charge in [-0.25, -0.2) is 9.18 Å². The number of carbonyl (C=O) groups excluding carboxylic acids is 1. The van der Waals surface area contributed by atoms with Crippen molar-refractivity contribution >= 4 is 5.97 Å². The van der Waals surface area contributed by atoms with Crippen molar-refractivity contribution < 1.29 is 13.9 Å². The highest BCUT2D eigenvalue weighted by molar-refractivity contribution is 5.90. The molecule has 2 aromatic carbocycles. The van der Waals surface area contributed by atoms with Gasteiger partial charge in [-0.15, -0.1) is 0 Å². The Bertz CT molecular complexity index is 534. The fourth-order valence-electron chi connectivity index (χ4n) is 1.71. The van der Waals surface area contributed by atoms with Crippen LogP contribution in [0, 0.1) is 0 Å². The van der Waals surface area contributed by atoms with Gasteiger partial charge in [-0.2, -0.15) is 0 Å². The first kappa shape index (κ1) is 13.3. The molecule has 98 valence electrons. The van der Waals surface area contributed by atoms with Crippen LogP contribution in [0.3, 0.4) is 0 Å². The molecule has 0 amide bonds. The highest BCUT2D eigenvalue weighted by Gasteiger charge is 2.11. The number of hydrogen-bond acceptors (Lipinski definition) is 2. The van der Waals surface area contributed by atoms with E-state index in [1.807, 2.05) is 42.5 Å². The third-order valence-corrected chi connectivity index (χ3v) is 2.75. The van der Waals surface area contributed by atoms with Crippen LogP contribution in [-0.4, -0.2) is 18.7 Å². The first-order chi connectivity index (χ1) is 9.20. The highest BCUT2D eigenvalue weighted by Crippen LogP contribution is 2.19. The Kier molecular flexibility index (Phi) is 4.29. The maximum absolute atomic E-state index is 12.3. The molecule has 0 aliphatic heterocycles. The zero-order chi connectivity index (χ0) is 13.7. The number of esters is 1. The van der Waals surface area contributed by atoms with E-state index in [9.17, 15) is 9.18 Å². The summed E-state index contributed by atoms with van der Waals surface area (Å²) < 4.78 is 17.2. The van der Waals surface area contributed by atoms with Gasteiger partial charge in [0.2, 0.25) is 0 Å². The predicted molar refractivity (Wildman–Crippen MR) is 72.7 cm³/mol. The van der Waals surface area contributed by atoms with Crippen molar-refractivity contribution in [2.24, 2.45) is 0 Å². The minimum Gasteiger partial charge on any atom is -0.456 e. The van der Waals surface area contributed by atoms with Gasteiger partial charge < -0.3 is 4.74 Å². The molecule has 1 unspecified atom stereocenters. The summed E-state index contributed by atoms with van der Waals surface area (Å²) in [5, 5.41) is 0. The van der Waals surface area contributed by atoms with E-state index in [1.54, 1.807) is 12.1 Å². The summed E-state index contributed by atoms with van der Waals surface area (Å²) in [6.45, 7) is 0.851. The van der Waals surface area contributed by atoms with Crippen LogP contribution in [-0.2, 0) is 4.74 Å². The molecule has 2 rings (SSSR count). The van der Waals surface area contributed by atoms with Gasteiger partial charge in [-0.05, 0) is 30.2 Å². The molecule has 0 aromatic heterocycles. The standard InChI is InChI=1S/C16H15FO2/c1-12(11-17)19-16(18)15-9-7-14(8-10-15)13-5-3-2-4-6-13/h2-10,12H,11H2,1H3. The Morgan fingerprint density at radius 3 is 2.21 bits per heavy atom. The van der Waals surface area contributed by atoms with E-state index < -0.39 is 18.7 Å². The molecule has 3 heteroatoms. The molecule has 2 aromatic rings. The lowest BCUT2D eigenvalue weighted by Gasteiger charge is -2.09. The van der Waals surface area contributed by atoms with Gasteiger partial charge in [0.15, 0.2) is 0 Å². The molecule has 0 aliphatic carbocycles. The van der Waals surface area contributed by atoms with Gasteiger partial charge in [0.1, 0.15) is 12.8 Å². The Balaban J connectivity index is 2.13. The largest absolute Gasteiger partial charge is 0.456 e. The molecule has 0 aliphatic rings. The molecule has 0 bridgehead atoms. The smallest absolute Gasteiger partial charge is 0.338 e. The lowest BCUT2D eigenvalue weighted by molar-refractivity contribution is 0.0287. The fourth-order valence-corrected chi connectivity index (χ4v) is 1.71. The number of benzene rings is 2. The van der Waals surface area contributed by atoms with Crippen molar-refractivity contribution in [2.75, 3.05) is 6.67 Å². The maximum Gasteiger partial charge on any atom is 0.338 e. The Hall–Kier alpha value is -2.16. The molecule has 0 N–H and O–H groups in total. The van der Waals surface area contributed by atoms with Gasteiger partial charge in [0.25, 0.3) is 0 Å². The van der Waals surface area contributed by atoms with Crippen LogP contribution in [0.2, 0.25) is 0 Å². The van der Waals surface area contributed by atoms with Crippen LogP contribution < -0.4 is 0 Å².